The number of carbonyl (C=O) groups excluding carboxylic acids is 2. The molecule has 3 N–H and O–H groups in total. The van der Waals surface area contributed by atoms with Crippen LogP contribution >= 0.6 is 0 Å². The molecule has 2 aliphatic rings. The van der Waals surface area contributed by atoms with Gasteiger partial charge in [0.15, 0.2) is 0 Å². The molecule has 1 saturated carbocycles. The van der Waals surface area contributed by atoms with Crippen molar-refractivity contribution in [1.82, 2.24) is 24.8 Å². The van der Waals surface area contributed by atoms with Crippen molar-refractivity contribution in [3.8, 4) is 17.5 Å². The highest BCUT2D eigenvalue weighted by atomic mass is 19.1. The molecule has 39 heavy (non-hydrogen) atoms. The molecule has 2 amide bonds. The fraction of sp³-hybridized carbons (Fsp3) is 0.464. The van der Waals surface area contributed by atoms with Crippen LogP contribution < -0.4 is 10.6 Å². The van der Waals surface area contributed by atoms with Gasteiger partial charge >= 0.3 is 0 Å². The van der Waals surface area contributed by atoms with E-state index in [-0.39, 0.29) is 24.1 Å². The number of nitrogens with one attached hydrogen (secondary N) is 2. The largest absolute Gasteiger partial charge is 0.387 e. The molecule has 2 fully saturated rings. The molecule has 0 bridgehead atoms. The van der Waals surface area contributed by atoms with Crippen LogP contribution in [0.2, 0.25) is 0 Å². The molecule has 11 heteroatoms. The Morgan fingerprint density at radius 3 is 2.59 bits per heavy atom. The monoisotopic (exact) mass is 533 g/mol. The van der Waals surface area contributed by atoms with Gasteiger partial charge in [0.2, 0.25) is 5.91 Å². The maximum Gasteiger partial charge on any atom is 0.255 e. The van der Waals surface area contributed by atoms with Crippen LogP contribution in [0, 0.1) is 23.2 Å². The molecule has 0 aromatic carbocycles. The van der Waals surface area contributed by atoms with Crippen LogP contribution in [0.5, 0.6) is 0 Å². The van der Waals surface area contributed by atoms with E-state index in [1.807, 2.05) is 17.0 Å². The fourth-order valence-corrected chi connectivity index (χ4v) is 5.57. The van der Waals surface area contributed by atoms with Gasteiger partial charge in [0.05, 0.1) is 52.1 Å². The molecule has 1 saturated heterocycles. The molecule has 3 aromatic heterocycles. The number of rotatable bonds is 7. The average Bonchev–Trinajstić information content (AvgIpc) is 3.59. The first-order valence-corrected chi connectivity index (χ1v) is 13.1. The van der Waals surface area contributed by atoms with Gasteiger partial charge in [-0.2, -0.15) is 10.4 Å². The van der Waals surface area contributed by atoms with Crippen molar-refractivity contribution in [2.45, 2.75) is 51.4 Å². The summed E-state index contributed by atoms with van der Waals surface area (Å²) >= 11 is 0. The standard InChI is InChI=1S/C28H32FN7O3/c1-16(37)35-14-18-7-20(8-19(18)15-35)34-23-9-24(25-5-4-21-6-17(10-30)11-33-36(21)25)31-12-22(23)27(38)32-13-26(29)28(2,3)39/h4-6,9,11-12,18-20,26,39H,7-8,13-15H2,1-3H3,(H,31,34)(H,32,38)/t18-,19+,20-,26-/m1/s1. The molecular formula is C28H32FN7O3. The summed E-state index contributed by atoms with van der Waals surface area (Å²) in [5, 5.41) is 29.6. The van der Waals surface area contributed by atoms with Crippen LogP contribution in [0.4, 0.5) is 10.1 Å². The van der Waals surface area contributed by atoms with Gasteiger partial charge in [-0.15, -0.1) is 0 Å². The van der Waals surface area contributed by atoms with Crippen LogP contribution in [-0.2, 0) is 4.79 Å². The Labute approximate surface area is 225 Å². The van der Waals surface area contributed by atoms with Crippen molar-refractivity contribution in [2.24, 2.45) is 11.8 Å². The van der Waals surface area contributed by atoms with Crippen LogP contribution in [0.15, 0.2) is 36.7 Å². The third kappa shape index (κ3) is 5.43. The van der Waals surface area contributed by atoms with Crippen LogP contribution in [-0.4, -0.2) is 73.9 Å². The van der Waals surface area contributed by atoms with E-state index in [1.165, 1.54) is 26.2 Å². The van der Waals surface area contributed by atoms with Gasteiger partial charge in [0, 0.05) is 32.3 Å². The van der Waals surface area contributed by atoms with Crippen molar-refractivity contribution in [2.75, 3.05) is 25.0 Å². The van der Waals surface area contributed by atoms with Crippen molar-refractivity contribution in [1.29, 1.82) is 5.26 Å². The minimum absolute atomic E-state index is 0.0961. The number of halogens is 1. The highest BCUT2D eigenvalue weighted by Gasteiger charge is 2.42. The van der Waals surface area contributed by atoms with Gasteiger partial charge in [-0.1, -0.05) is 0 Å². The van der Waals surface area contributed by atoms with E-state index < -0.39 is 17.7 Å². The van der Waals surface area contributed by atoms with Crippen molar-refractivity contribution in [3.63, 3.8) is 0 Å². The Kier molecular flexibility index (Phi) is 6.99. The lowest BCUT2D eigenvalue weighted by molar-refractivity contribution is -0.128. The molecule has 0 spiro atoms. The third-order valence-corrected chi connectivity index (χ3v) is 7.80. The quantitative estimate of drug-likeness (QED) is 0.425. The number of hydrogen-bond acceptors (Lipinski definition) is 7. The average molecular weight is 534 g/mol. The van der Waals surface area contributed by atoms with E-state index >= 15 is 0 Å². The molecule has 5 rings (SSSR count). The van der Waals surface area contributed by atoms with Gasteiger partial charge < -0.3 is 20.6 Å². The number of likely N-dealkylation sites (tertiary alicyclic amines) is 1. The summed E-state index contributed by atoms with van der Waals surface area (Å²) in [6.07, 6.45) is 3.03. The first-order chi connectivity index (χ1) is 18.5. The lowest BCUT2D eigenvalue weighted by Gasteiger charge is -2.23. The van der Waals surface area contributed by atoms with E-state index in [1.54, 1.807) is 23.6 Å². The van der Waals surface area contributed by atoms with Gasteiger partial charge in [-0.3, -0.25) is 14.6 Å². The predicted molar refractivity (Wildman–Crippen MR) is 143 cm³/mol. The maximum atomic E-state index is 14.3. The van der Waals surface area contributed by atoms with E-state index in [0.29, 0.717) is 34.5 Å². The van der Waals surface area contributed by atoms with Gasteiger partial charge in [-0.25, -0.2) is 8.91 Å². The Morgan fingerprint density at radius 2 is 1.95 bits per heavy atom. The molecular weight excluding hydrogens is 501 g/mol. The summed E-state index contributed by atoms with van der Waals surface area (Å²) in [6.45, 7) is 5.45. The first-order valence-electron chi connectivity index (χ1n) is 13.1. The van der Waals surface area contributed by atoms with E-state index in [0.717, 1.165) is 31.4 Å². The van der Waals surface area contributed by atoms with Gasteiger partial charge in [0.1, 0.15) is 12.2 Å². The number of anilines is 1. The highest BCUT2D eigenvalue weighted by Crippen LogP contribution is 2.40. The number of aliphatic hydroxyl groups is 1. The molecule has 0 unspecified atom stereocenters. The Bertz CT molecular complexity index is 1440. The molecule has 1 aliphatic carbocycles. The second-order valence-corrected chi connectivity index (χ2v) is 11.1. The van der Waals surface area contributed by atoms with Crippen molar-refractivity contribution >= 4 is 23.0 Å². The molecule has 3 aromatic rings. The number of alkyl halides is 1. The molecule has 0 radical (unpaired) electrons. The van der Waals surface area contributed by atoms with Crippen LogP contribution in [0.3, 0.4) is 0 Å². The topological polar surface area (TPSA) is 136 Å². The van der Waals surface area contributed by atoms with Crippen molar-refractivity contribution in [3.05, 3.63) is 47.8 Å². The van der Waals surface area contributed by atoms with Gasteiger partial charge in [-0.05, 0) is 62.8 Å². The normalized spacial score (nSPS) is 21.4. The highest BCUT2D eigenvalue weighted by molar-refractivity contribution is 6.00. The van der Waals surface area contributed by atoms with Gasteiger partial charge in [0.25, 0.3) is 5.91 Å². The van der Waals surface area contributed by atoms with E-state index in [4.69, 9.17) is 0 Å². The zero-order chi connectivity index (χ0) is 27.9. The smallest absolute Gasteiger partial charge is 0.255 e. The number of fused-ring (bicyclic) bond motifs is 2. The van der Waals surface area contributed by atoms with Crippen LogP contribution in [0.1, 0.15) is 49.5 Å². The number of carbonyl (C=O) groups is 2. The van der Waals surface area contributed by atoms with Crippen molar-refractivity contribution < 1.29 is 19.1 Å². The zero-order valence-electron chi connectivity index (χ0n) is 22.2. The summed E-state index contributed by atoms with van der Waals surface area (Å²) in [5.74, 6) is 0.398. The zero-order valence-corrected chi connectivity index (χ0v) is 22.2. The maximum absolute atomic E-state index is 14.3. The minimum atomic E-state index is -1.64. The van der Waals surface area contributed by atoms with E-state index in [9.17, 15) is 24.3 Å². The molecule has 4 atom stereocenters. The second kappa shape index (κ2) is 10.3. The molecule has 1 aliphatic heterocycles. The third-order valence-electron chi connectivity index (χ3n) is 7.80. The summed E-state index contributed by atoms with van der Waals surface area (Å²) in [6, 6.07) is 9.39. The lowest BCUT2D eigenvalue weighted by atomic mass is 10.0. The number of aromatic nitrogens is 3. The summed E-state index contributed by atoms with van der Waals surface area (Å²) in [7, 11) is 0. The Morgan fingerprint density at radius 1 is 1.23 bits per heavy atom. The molecule has 4 heterocycles. The minimum Gasteiger partial charge on any atom is -0.387 e. The predicted octanol–water partition coefficient (Wildman–Crippen LogP) is 2.78. The van der Waals surface area contributed by atoms with Crippen LogP contribution in [0.25, 0.3) is 16.9 Å². The Balaban J connectivity index is 1.42. The lowest BCUT2D eigenvalue weighted by Crippen LogP contribution is -2.42. The summed E-state index contributed by atoms with van der Waals surface area (Å²) in [4.78, 5) is 31.4. The first kappa shape index (κ1) is 26.6. The molecule has 204 valence electrons. The second-order valence-electron chi connectivity index (χ2n) is 11.1. The number of pyridine rings is 1. The number of amides is 2. The summed E-state index contributed by atoms with van der Waals surface area (Å²) < 4.78 is 16.0. The fourth-order valence-electron chi connectivity index (χ4n) is 5.57. The van der Waals surface area contributed by atoms with E-state index in [2.05, 4.69) is 26.8 Å². The number of hydrogen-bond donors (Lipinski definition) is 3. The molecule has 10 nitrogen and oxygen atoms in total. The Hall–Kier alpha value is -4.04. The number of nitriles is 1. The SMILES string of the molecule is CC(=O)N1C[C@H]2C[C@@H](Nc3cc(-c4ccc5cc(C#N)cnn45)ncc3C(=O)NC[C@@H](F)C(C)(C)O)C[C@H]2C1. The number of nitrogens with zero attached hydrogens (tertiary/aromatic N) is 5. The summed E-state index contributed by atoms with van der Waals surface area (Å²) in [5.41, 5.74) is 1.70.